The molecule has 2 aromatic rings. The van der Waals surface area contributed by atoms with Crippen LogP contribution in [0.2, 0.25) is 0 Å². The highest BCUT2D eigenvalue weighted by Crippen LogP contribution is 2.30. The smallest absolute Gasteiger partial charge is 0.290 e. The van der Waals surface area contributed by atoms with Gasteiger partial charge in [0.1, 0.15) is 23.9 Å². The van der Waals surface area contributed by atoms with Crippen molar-refractivity contribution >= 4 is 41.2 Å². The molecule has 58 heavy (non-hydrogen) atoms. The lowest BCUT2D eigenvalue weighted by molar-refractivity contribution is -0.144. The molecule has 0 aromatic heterocycles. The Morgan fingerprint density at radius 3 is 2.38 bits per heavy atom. The Hall–Kier alpha value is -5.31. The number of Topliss-reactive ketones (excluding diaryl/α,β-unsaturated/α-hetero) is 1. The number of likely N-dealkylation sites (N-methyl/N-ethyl adjacent to an activating group) is 1. The molecule has 2 heterocycles. The van der Waals surface area contributed by atoms with Crippen molar-refractivity contribution in [2.45, 2.75) is 108 Å². The molecule has 1 aliphatic carbocycles. The maximum atomic E-state index is 14.6. The number of benzene rings is 2. The number of ether oxygens (including phenoxy) is 2. The second kappa shape index (κ2) is 21.4. The lowest BCUT2D eigenvalue weighted by atomic mass is 9.83. The minimum absolute atomic E-state index is 0.0513. The lowest BCUT2D eigenvalue weighted by Gasteiger charge is -2.35. The summed E-state index contributed by atoms with van der Waals surface area (Å²) in [7, 11) is 3.12. The van der Waals surface area contributed by atoms with Crippen LogP contribution in [0, 0.1) is 5.92 Å². The predicted octanol–water partition coefficient (Wildman–Crippen LogP) is 2.37. The maximum Gasteiger partial charge on any atom is 0.290 e. The topological polar surface area (TPSA) is 193 Å². The third-order valence-corrected chi connectivity index (χ3v) is 10.9. The van der Waals surface area contributed by atoms with Crippen LogP contribution in [0.4, 0.5) is 0 Å². The summed E-state index contributed by atoms with van der Waals surface area (Å²) in [5, 5.41) is 10.7. The number of nitrogens with one attached hydrogen (secondary N) is 4. The summed E-state index contributed by atoms with van der Waals surface area (Å²) >= 11 is 0. The van der Waals surface area contributed by atoms with Crippen molar-refractivity contribution in [3.05, 3.63) is 65.7 Å². The predicted molar refractivity (Wildman–Crippen MR) is 214 cm³/mol. The van der Waals surface area contributed by atoms with Crippen LogP contribution < -0.4 is 26.0 Å². The Balaban J connectivity index is 1.29. The second-order valence-electron chi connectivity index (χ2n) is 15.6. The van der Waals surface area contributed by atoms with Crippen LogP contribution in [-0.4, -0.2) is 116 Å². The molecule has 5 atom stereocenters. The molecular formula is C43H58N6O9. The number of rotatable bonds is 12. The zero-order valence-corrected chi connectivity index (χ0v) is 33.8. The zero-order chi connectivity index (χ0) is 41.6. The minimum atomic E-state index is -1.24. The molecule has 2 aliphatic heterocycles. The van der Waals surface area contributed by atoms with E-state index in [2.05, 4.69) is 21.3 Å². The van der Waals surface area contributed by atoms with Crippen LogP contribution in [0.15, 0.2) is 54.6 Å². The molecule has 3 aliphatic rings. The summed E-state index contributed by atoms with van der Waals surface area (Å²) in [6, 6.07) is 11.9. The van der Waals surface area contributed by atoms with Gasteiger partial charge in [-0.2, -0.15) is 0 Å². The normalized spacial score (nSPS) is 21.6. The van der Waals surface area contributed by atoms with E-state index < -0.39 is 60.3 Å². The largest absolute Gasteiger partial charge is 0.494 e. The number of amides is 6. The molecule has 2 aromatic carbocycles. The SMILES string of the molecule is CCC[C@H](NC(=O)C1C[C@@H]2CN1C(=O)[C@@H](C1CCCCC1)NC(=O)Cc1cccc(c1)OCCCCO2)C(=O)C(=O)NCC(=O)N[C@H](C(=O)N(C)C)c1ccccc1. The molecule has 6 amide bonds. The van der Waals surface area contributed by atoms with Gasteiger partial charge in [-0.05, 0) is 61.3 Å². The van der Waals surface area contributed by atoms with E-state index in [1.54, 1.807) is 51.4 Å². The summed E-state index contributed by atoms with van der Waals surface area (Å²) in [6.07, 6.45) is 6.09. The van der Waals surface area contributed by atoms with Crippen LogP contribution in [0.5, 0.6) is 5.75 Å². The standard InChI is InChI=1S/C43H58N6O9/c1-4-14-33(39(52)41(54)44-26-36(51)47-37(42(55)48(2)3)29-16-7-5-8-17-29)45-40(53)34-25-32-27-49(34)43(56)38(30-18-9-6-10-19-30)46-35(50)24-28-15-13-20-31(23-28)57-21-11-12-22-58-32/h5,7-8,13,15-17,20,23,30,32-34,37-38H,4,6,9-12,14,18-19,21-22,24-27H2,1-3H3,(H,44,54)(H,45,53)(H,46,50)(H,47,51)/t32-,33+,34?,37+,38-/m1/s1. The Labute approximate surface area is 340 Å². The van der Waals surface area contributed by atoms with Gasteiger partial charge in [0.2, 0.25) is 35.3 Å². The Bertz CT molecular complexity index is 1770. The summed E-state index contributed by atoms with van der Waals surface area (Å²) in [6.45, 7) is 2.18. The van der Waals surface area contributed by atoms with Crippen LogP contribution in [0.25, 0.3) is 0 Å². The highest BCUT2D eigenvalue weighted by molar-refractivity contribution is 6.38. The van der Waals surface area contributed by atoms with E-state index >= 15 is 0 Å². The quantitative estimate of drug-likeness (QED) is 0.234. The van der Waals surface area contributed by atoms with Gasteiger partial charge in [-0.3, -0.25) is 33.6 Å². The maximum absolute atomic E-state index is 14.6. The average molecular weight is 803 g/mol. The van der Waals surface area contributed by atoms with Crippen molar-refractivity contribution < 1.29 is 43.0 Å². The number of nitrogens with zero attached hydrogens (tertiary/aromatic N) is 2. The molecule has 0 radical (unpaired) electrons. The van der Waals surface area contributed by atoms with Gasteiger partial charge < -0.3 is 40.5 Å². The van der Waals surface area contributed by atoms with Crippen molar-refractivity contribution in [1.82, 2.24) is 31.1 Å². The summed E-state index contributed by atoms with van der Waals surface area (Å²) in [4.78, 5) is 97.6. The van der Waals surface area contributed by atoms with Crippen LogP contribution >= 0.6 is 0 Å². The van der Waals surface area contributed by atoms with Crippen molar-refractivity contribution in [2.24, 2.45) is 5.92 Å². The Morgan fingerprint density at radius 1 is 0.914 bits per heavy atom. The van der Waals surface area contributed by atoms with E-state index in [1.807, 2.05) is 24.3 Å². The van der Waals surface area contributed by atoms with Crippen LogP contribution in [0.1, 0.15) is 88.3 Å². The van der Waals surface area contributed by atoms with Crippen LogP contribution in [-0.2, 0) is 44.7 Å². The molecule has 15 nitrogen and oxygen atoms in total. The number of fused-ring (bicyclic) bond motifs is 4. The van der Waals surface area contributed by atoms with Gasteiger partial charge in [0.15, 0.2) is 0 Å². The van der Waals surface area contributed by atoms with Gasteiger partial charge in [-0.1, -0.05) is 75.1 Å². The molecule has 0 spiro atoms. The van der Waals surface area contributed by atoms with E-state index in [9.17, 15) is 33.6 Å². The third-order valence-electron chi connectivity index (χ3n) is 10.9. The number of ketones is 1. The van der Waals surface area contributed by atoms with E-state index in [0.29, 0.717) is 43.8 Å². The van der Waals surface area contributed by atoms with Gasteiger partial charge in [-0.25, -0.2) is 0 Å². The number of carbonyl (C=O) groups excluding carboxylic acids is 7. The molecule has 1 saturated carbocycles. The summed E-state index contributed by atoms with van der Waals surface area (Å²) in [5.74, 6) is -3.85. The fraction of sp³-hybridized carbons (Fsp3) is 0.558. The molecular weight excluding hydrogens is 745 g/mol. The van der Waals surface area contributed by atoms with Crippen molar-refractivity contribution in [3.63, 3.8) is 0 Å². The summed E-state index contributed by atoms with van der Waals surface area (Å²) < 4.78 is 12.1. The first kappa shape index (κ1) is 43.8. The molecule has 15 heteroatoms. The first-order valence-corrected chi connectivity index (χ1v) is 20.6. The molecule has 2 fully saturated rings. The van der Waals surface area contributed by atoms with Crippen molar-refractivity contribution in [3.8, 4) is 5.75 Å². The summed E-state index contributed by atoms with van der Waals surface area (Å²) in [5.41, 5.74) is 1.30. The molecule has 314 valence electrons. The number of carbonyl (C=O) groups is 7. The highest BCUT2D eigenvalue weighted by Gasteiger charge is 2.45. The second-order valence-corrected chi connectivity index (χ2v) is 15.6. The Kier molecular flexibility index (Phi) is 16.2. The zero-order valence-electron chi connectivity index (χ0n) is 33.8. The van der Waals surface area contributed by atoms with Gasteiger partial charge in [-0.15, -0.1) is 0 Å². The molecule has 4 N–H and O–H groups in total. The fourth-order valence-corrected chi connectivity index (χ4v) is 7.87. The van der Waals surface area contributed by atoms with Gasteiger partial charge in [0, 0.05) is 33.7 Å². The third kappa shape index (κ3) is 12.1. The molecule has 1 unspecified atom stereocenters. The fourth-order valence-electron chi connectivity index (χ4n) is 7.87. The van der Waals surface area contributed by atoms with E-state index in [1.165, 1.54) is 9.80 Å². The molecule has 5 rings (SSSR count). The molecule has 1 saturated heterocycles. The van der Waals surface area contributed by atoms with Gasteiger partial charge in [0.05, 0.1) is 31.7 Å². The van der Waals surface area contributed by atoms with E-state index in [0.717, 1.165) is 37.7 Å². The van der Waals surface area contributed by atoms with E-state index in [4.69, 9.17) is 9.47 Å². The number of hydrogen-bond donors (Lipinski definition) is 4. The average Bonchev–Trinajstić information content (AvgIpc) is 3.66. The van der Waals surface area contributed by atoms with Gasteiger partial charge >= 0.3 is 0 Å². The van der Waals surface area contributed by atoms with E-state index in [-0.39, 0.29) is 49.4 Å². The molecule has 4 bridgehead atoms. The monoisotopic (exact) mass is 802 g/mol. The first-order chi connectivity index (χ1) is 27.9. The van der Waals surface area contributed by atoms with Crippen LogP contribution in [0.3, 0.4) is 0 Å². The number of hydrogen-bond acceptors (Lipinski definition) is 9. The lowest BCUT2D eigenvalue weighted by Crippen LogP contribution is -2.58. The van der Waals surface area contributed by atoms with Crippen molar-refractivity contribution in [1.29, 1.82) is 0 Å². The minimum Gasteiger partial charge on any atom is -0.494 e. The van der Waals surface area contributed by atoms with Crippen molar-refractivity contribution in [2.75, 3.05) is 40.4 Å². The Morgan fingerprint density at radius 2 is 1.66 bits per heavy atom. The first-order valence-electron chi connectivity index (χ1n) is 20.6. The van der Waals surface area contributed by atoms with Gasteiger partial charge in [0.25, 0.3) is 5.91 Å². The highest BCUT2D eigenvalue weighted by atomic mass is 16.5.